The third-order valence-electron chi connectivity index (χ3n) is 1.54. The van der Waals surface area contributed by atoms with Crippen LogP contribution in [0.2, 0.25) is 10.0 Å². The number of hydrogen-bond donors (Lipinski definition) is 2. The van der Waals surface area contributed by atoms with Crippen LogP contribution in [0.15, 0.2) is 18.2 Å². The lowest BCUT2D eigenvalue weighted by atomic mass is 10.3. The Morgan fingerprint density at radius 3 is 2.43 bits per heavy atom. The van der Waals surface area contributed by atoms with Crippen molar-refractivity contribution < 1.29 is 0 Å². The van der Waals surface area contributed by atoms with Crippen molar-refractivity contribution in [3.63, 3.8) is 0 Å². The molecule has 0 radical (unpaired) electrons. The molecule has 0 aromatic heterocycles. The highest BCUT2D eigenvalue weighted by Crippen LogP contribution is 2.29. The zero-order valence-corrected chi connectivity index (χ0v) is 9.93. The van der Waals surface area contributed by atoms with E-state index in [-0.39, 0.29) is 0 Å². The Bertz CT molecular complexity index is 321. The number of anilines is 1. The van der Waals surface area contributed by atoms with Crippen molar-refractivity contribution in [3.8, 4) is 0 Å². The average molecular weight is 249 g/mol. The van der Waals surface area contributed by atoms with Crippen LogP contribution in [0.25, 0.3) is 0 Å². The molecule has 14 heavy (non-hydrogen) atoms. The first-order valence-electron chi connectivity index (χ1n) is 4.14. The molecule has 0 aliphatic rings. The van der Waals surface area contributed by atoms with Crippen LogP contribution in [0.4, 0.5) is 5.69 Å². The molecular formula is C9H10Cl2N2S. The number of rotatable bonds is 2. The van der Waals surface area contributed by atoms with Gasteiger partial charge in [-0.2, -0.15) is 0 Å². The van der Waals surface area contributed by atoms with Gasteiger partial charge in [0.15, 0.2) is 5.11 Å². The minimum atomic E-state index is 0.516. The molecule has 2 nitrogen and oxygen atoms in total. The number of nitrogens with one attached hydrogen (secondary N) is 2. The van der Waals surface area contributed by atoms with Crippen molar-refractivity contribution in [1.82, 2.24) is 5.32 Å². The number of benzene rings is 1. The summed E-state index contributed by atoms with van der Waals surface area (Å²) >= 11 is 16.9. The largest absolute Gasteiger partial charge is 0.363 e. The Kier molecular flexibility index (Phi) is 4.45. The maximum Gasteiger partial charge on any atom is 0.170 e. The molecule has 76 valence electrons. The van der Waals surface area contributed by atoms with Gasteiger partial charge >= 0.3 is 0 Å². The van der Waals surface area contributed by atoms with E-state index in [0.29, 0.717) is 20.8 Å². The molecule has 0 fully saturated rings. The molecule has 0 unspecified atom stereocenters. The fourth-order valence-corrected chi connectivity index (χ4v) is 1.67. The highest BCUT2D eigenvalue weighted by atomic mass is 35.5. The molecule has 0 aliphatic carbocycles. The van der Waals surface area contributed by atoms with E-state index < -0.39 is 0 Å². The van der Waals surface area contributed by atoms with Gasteiger partial charge in [0.2, 0.25) is 0 Å². The van der Waals surface area contributed by atoms with Crippen LogP contribution in [0.1, 0.15) is 6.92 Å². The molecule has 5 heteroatoms. The Balaban J connectivity index is 2.80. The molecular weight excluding hydrogens is 239 g/mol. The molecule has 2 N–H and O–H groups in total. The van der Waals surface area contributed by atoms with E-state index >= 15 is 0 Å². The van der Waals surface area contributed by atoms with E-state index in [0.717, 1.165) is 6.54 Å². The predicted molar refractivity (Wildman–Crippen MR) is 66.4 cm³/mol. The van der Waals surface area contributed by atoms with E-state index in [9.17, 15) is 0 Å². The maximum absolute atomic E-state index is 5.94. The summed E-state index contributed by atoms with van der Waals surface area (Å²) in [6, 6.07) is 5.29. The standard InChI is InChI=1S/C9H10Cl2N2S/c1-2-12-9(14)13-8-6(10)4-3-5-7(8)11/h3-5H,2H2,1H3,(H2,12,13,14). The number of para-hydroxylation sites is 1. The minimum absolute atomic E-state index is 0.516. The summed E-state index contributed by atoms with van der Waals surface area (Å²) in [5, 5.41) is 7.51. The van der Waals surface area contributed by atoms with Gasteiger partial charge in [-0.15, -0.1) is 0 Å². The van der Waals surface area contributed by atoms with Gasteiger partial charge in [0.25, 0.3) is 0 Å². The Hall–Kier alpha value is -0.510. The van der Waals surface area contributed by atoms with Crippen LogP contribution in [0.3, 0.4) is 0 Å². The van der Waals surface area contributed by atoms with E-state index in [1.54, 1.807) is 18.2 Å². The lowest BCUT2D eigenvalue weighted by molar-refractivity contribution is 0.979. The monoisotopic (exact) mass is 248 g/mol. The second-order valence-corrected chi connectivity index (χ2v) is 3.80. The first-order chi connectivity index (χ1) is 6.65. The van der Waals surface area contributed by atoms with Crippen molar-refractivity contribution >= 4 is 46.2 Å². The van der Waals surface area contributed by atoms with Crippen molar-refractivity contribution in [2.75, 3.05) is 11.9 Å². The van der Waals surface area contributed by atoms with Crippen LogP contribution in [-0.2, 0) is 0 Å². The number of hydrogen-bond acceptors (Lipinski definition) is 1. The second-order valence-electron chi connectivity index (χ2n) is 2.58. The molecule has 1 rings (SSSR count). The van der Waals surface area contributed by atoms with Crippen LogP contribution >= 0.6 is 35.4 Å². The van der Waals surface area contributed by atoms with Gasteiger partial charge in [0.1, 0.15) is 0 Å². The van der Waals surface area contributed by atoms with Crippen molar-refractivity contribution in [1.29, 1.82) is 0 Å². The maximum atomic E-state index is 5.94. The molecule has 0 saturated heterocycles. The minimum Gasteiger partial charge on any atom is -0.363 e. The van der Waals surface area contributed by atoms with E-state index in [1.165, 1.54) is 0 Å². The highest BCUT2D eigenvalue weighted by Gasteiger charge is 2.05. The van der Waals surface area contributed by atoms with E-state index in [4.69, 9.17) is 35.4 Å². The molecule has 1 aromatic carbocycles. The second kappa shape index (κ2) is 5.39. The zero-order valence-electron chi connectivity index (χ0n) is 7.60. The SMILES string of the molecule is CCNC(=S)Nc1c(Cl)cccc1Cl. The van der Waals surface area contributed by atoms with Gasteiger partial charge in [-0.1, -0.05) is 29.3 Å². The summed E-state index contributed by atoms with van der Waals surface area (Å²) in [4.78, 5) is 0. The Morgan fingerprint density at radius 1 is 1.36 bits per heavy atom. The van der Waals surface area contributed by atoms with Gasteiger partial charge in [0.05, 0.1) is 15.7 Å². The first kappa shape index (κ1) is 11.6. The van der Waals surface area contributed by atoms with E-state index in [1.807, 2.05) is 6.92 Å². The lowest BCUT2D eigenvalue weighted by Gasteiger charge is -2.11. The van der Waals surface area contributed by atoms with Crippen LogP contribution in [0.5, 0.6) is 0 Å². The molecule has 0 aliphatic heterocycles. The highest BCUT2D eigenvalue weighted by molar-refractivity contribution is 7.80. The van der Waals surface area contributed by atoms with Gasteiger partial charge in [-0.25, -0.2) is 0 Å². The summed E-state index contributed by atoms with van der Waals surface area (Å²) in [6.07, 6.45) is 0. The Morgan fingerprint density at radius 2 is 1.93 bits per heavy atom. The Labute approximate surface area is 98.6 Å². The molecule has 0 heterocycles. The zero-order chi connectivity index (χ0) is 10.6. The van der Waals surface area contributed by atoms with Crippen molar-refractivity contribution in [3.05, 3.63) is 28.2 Å². The molecule has 0 atom stereocenters. The topological polar surface area (TPSA) is 24.1 Å². The molecule has 0 saturated carbocycles. The van der Waals surface area contributed by atoms with Gasteiger partial charge in [0, 0.05) is 6.54 Å². The summed E-state index contributed by atoms with van der Waals surface area (Å²) in [5.74, 6) is 0. The fourth-order valence-electron chi connectivity index (χ4n) is 0.936. The van der Waals surface area contributed by atoms with Gasteiger partial charge in [-0.05, 0) is 31.3 Å². The number of thiocarbonyl (C=S) groups is 1. The summed E-state index contributed by atoms with van der Waals surface area (Å²) in [6.45, 7) is 2.72. The molecule has 0 amide bonds. The summed E-state index contributed by atoms with van der Waals surface area (Å²) in [7, 11) is 0. The van der Waals surface area contributed by atoms with E-state index in [2.05, 4.69) is 10.6 Å². The normalized spacial score (nSPS) is 9.64. The number of halogens is 2. The van der Waals surface area contributed by atoms with Gasteiger partial charge < -0.3 is 10.6 Å². The first-order valence-corrected chi connectivity index (χ1v) is 5.30. The third kappa shape index (κ3) is 3.01. The molecule has 0 spiro atoms. The average Bonchev–Trinajstić information content (AvgIpc) is 2.12. The van der Waals surface area contributed by atoms with Crippen molar-refractivity contribution in [2.24, 2.45) is 0 Å². The van der Waals surface area contributed by atoms with Gasteiger partial charge in [-0.3, -0.25) is 0 Å². The molecule has 0 bridgehead atoms. The predicted octanol–water partition coefficient (Wildman–Crippen LogP) is 3.30. The summed E-state index contributed by atoms with van der Waals surface area (Å²) in [5.41, 5.74) is 0.641. The van der Waals surface area contributed by atoms with Crippen LogP contribution in [-0.4, -0.2) is 11.7 Å². The smallest absolute Gasteiger partial charge is 0.170 e. The lowest BCUT2D eigenvalue weighted by Crippen LogP contribution is -2.28. The quantitative estimate of drug-likeness (QED) is 0.786. The molecule has 1 aromatic rings. The third-order valence-corrected chi connectivity index (χ3v) is 2.41. The van der Waals surface area contributed by atoms with Crippen molar-refractivity contribution in [2.45, 2.75) is 6.92 Å². The van der Waals surface area contributed by atoms with Crippen LogP contribution in [0, 0.1) is 0 Å². The van der Waals surface area contributed by atoms with Crippen LogP contribution < -0.4 is 10.6 Å². The fraction of sp³-hybridized carbons (Fsp3) is 0.222. The summed E-state index contributed by atoms with van der Waals surface area (Å²) < 4.78 is 0.